The van der Waals surface area contributed by atoms with Gasteiger partial charge in [-0.3, -0.25) is 0 Å². The predicted molar refractivity (Wildman–Crippen MR) is 117 cm³/mol. The minimum absolute atomic E-state index is 0.0149. The number of fused-ring (bicyclic) bond motifs is 1. The normalized spacial score (nSPS) is 18.8. The maximum atomic E-state index is 14.9. The molecule has 0 spiro atoms. The summed E-state index contributed by atoms with van der Waals surface area (Å²) in [7, 11) is 0. The molecule has 1 fully saturated rings. The van der Waals surface area contributed by atoms with Crippen molar-refractivity contribution >= 4 is 10.8 Å². The van der Waals surface area contributed by atoms with Crippen molar-refractivity contribution in [3.63, 3.8) is 0 Å². The zero-order valence-electron chi connectivity index (χ0n) is 16.8. The first kappa shape index (κ1) is 18.7. The summed E-state index contributed by atoms with van der Waals surface area (Å²) in [4.78, 5) is 0. The quantitative estimate of drug-likeness (QED) is 0.420. The molecule has 1 aliphatic rings. The molecular weight excluding hydrogens is 343 g/mol. The number of rotatable bonds is 4. The van der Waals surface area contributed by atoms with Gasteiger partial charge in [0.2, 0.25) is 0 Å². The van der Waals surface area contributed by atoms with Gasteiger partial charge in [0.25, 0.3) is 0 Å². The fraction of sp³-hybridized carbons (Fsp3) is 0.259. The van der Waals surface area contributed by atoms with E-state index in [0.717, 1.165) is 35.1 Å². The Kier molecular flexibility index (Phi) is 4.71. The summed E-state index contributed by atoms with van der Waals surface area (Å²) in [6.45, 7) is 13.1. The highest BCUT2D eigenvalue weighted by molar-refractivity contribution is 5.85. The maximum absolute atomic E-state index is 14.9. The van der Waals surface area contributed by atoms with Crippen LogP contribution in [0.5, 0.6) is 0 Å². The molecule has 142 valence electrons. The molecule has 1 atom stereocenters. The largest absolute Gasteiger partial charge is 0.207 e. The van der Waals surface area contributed by atoms with Gasteiger partial charge in [-0.25, -0.2) is 4.39 Å². The van der Waals surface area contributed by atoms with E-state index in [1.165, 1.54) is 16.3 Å². The molecule has 4 rings (SSSR count). The highest BCUT2D eigenvalue weighted by atomic mass is 19.1. The number of hydrogen-bond donors (Lipinski definition) is 0. The summed E-state index contributed by atoms with van der Waals surface area (Å²) >= 11 is 0. The molecule has 1 aliphatic carbocycles. The Labute approximate surface area is 167 Å². The van der Waals surface area contributed by atoms with Crippen LogP contribution < -0.4 is 0 Å². The first-order valence-electron chi connectivity index (χ1n) is 9.99. The molecule has 0 aliphatic heterocycles. The Morgan fingerprint density at radius 3 is 2.39 bits per heavy atom. The van der Waals surface area contributed by atoms with Crippen LogP contribution in [0.1, 0.15) is 42.9 Å². The number of aryl methyl sites for hydroxylation is 1. The lowest BCUT2D eigenvalue weighted by Crippen LogP contribution is -2.11. The summed E-state index contributed by atoms with van der Waals surface area (Å²) in [5.74, 6) is -0.0729. The summed E-state index contributed by atoms with van der Waals surface area (Å²) in [6, 6.07) is 20.2. The Morgan fingerprint density at radius 2 is 1.64 bits per heavy atom. The monoisotopic (exact) mass is 370 g/mol. The fourth-order valence-electron chi connectivity index (χ4n) is 4.71. The van der Waals surface area contributed by atoms with Gasteiger partial charge in [-0.05, 0) is 58.2 Å². The van der Waals surface area contributed by atoms with E-state index in [1.807, 2.05) is 6.07 Å². The molecule has 1 heteroatoms. The molecule has 3 aromatic rings. The molecule has 0 bridgehead atoms. The van der Waals surface area contributed by atoms with Crippen molar-refractivity contribution < 1.29 is 4.39 Å². The SMILES string of the molecule is C=C1CC(C)(C)C(=C)C1c1cccc(F)c1CCc1cccc2ccccc12. The number of allylic oxidation sites excluding steroid dienone is 2. The zero-order chi connectivity index (χ0) is 19.9. The van der Waals surface area contributed by atoms with Crippen molar-refractivity contribution in [3.8, 4) is 0 Å². The van der Waals surface area contributed by atoms with Gasteiger partial charge in [0, 0.05) is 5.92 Å². The molecule has 0 radical (unpaired) electrons. The van der Waals surface area contributed by atoms with Gasteiger partial charge in [-0.2, -0.15) is 0 Å². The lowest BCUT2D eigenvalue weighted by atomic mass is 9.81. The summed E-state index contributed by atoms with van der Waals surface area (Å²) in [5.41, 5.74) is 5.42. The van der Waals surface area contributed by atoms with Crippen LogP contribution in [0.2, 0.25) is 0 Å². The molecule has 0 nitrogen and oxygen atoms in total. The van der Waals surface area contributed by atoms with Gasteiger partial charge < -0.3 is 0 Å². The average molecular weight is 371 g/mol. The third kappa shape index (κ3) is 3.20. The zero-order valence-corrected chi connectivity index (χ0v) is 16.8. The van der Waals surface area contributed by atoms with Crippen LogP contribution >= 0.6 is 0 Å². The van der Waals surface area contributed by atoms with E-state index in [9.17, 15) is 4.39 Å². The van der Waals surface area contributed by atoms with Crippen molar-refractivity contribution in [1.29, 1.82) is 0 Å². The molecule has 0 heterocycles. The highest BCUT2D eigenvalue weighted by Crippen LogP contribution is 2.53. The molecule has 28 heavy (non-hydrogen) atoms. The van der Waals surface area contributed by atoms with Crippen LogP contribution in [0.25, 0.3) is 10.8 Å². The standard InChI is InChI=1S/C27H27F/c1-18-17-27(3,4)19(2)26(18)24-13-8-14-25(28)23(24)16-15-21-11-7-10-20-9-5-6-12-22(20)21/h5-14,26H,1-2,15-17H2,3-4H3. The van der Waals surface area contributed by atoms with E-state index in [1.54, 1.807) is 6.07 Å². The Morgan fingerprint density at radius 1 is 0.929 bits per heavy atom. The predicted octanol–water partition coefficient (Wildman–Crippen LogP) is 7.39. The van der Waals surface area contributed by atoms with Gasteiger partial charge in [-0.1, -0.05) is 92.7 Å². The number of halogens is 1. The summed E-state index contributed by atoms with van der Waals surface area (Å²) < 4.78 is 14.9. The van der Waals surface area contributed by atoms with E-state index in [2.05, 4.69) is 75.5 Å². The van der Waals surface area contributed by atoms with Gasteiger partial charge in [-0.15, -0.1) is 0 Å². The third-order valence-corrected chi connectivity index (χ3v) is 6.29. The molecule has 0 N–H and O–H groups in total. The third-order valence-electron chi connectivity index (χ3n) is 6.29. The first-order chi connectivity index (χ1) is 13.4. The van der Waals surface area contributed by atoms with Crippen LogP contribution in [-0.2, 0) is 12.8 Å². The summed E-state index contributed by atoms with van der Waals surface area (Å²) in [6.07, 6.45) is 2.40. The van der Waals surface area contributed by atoms with E-state index < -0.39 is 0 Å². The average Bonchev–Trinajstić information content (AvgIpc) is 2.87. The second-order valence-corrected chi connectivity index (χ2v) is 8.62. The minimum atomic E-state index is -0.122. The molecule has 3 aromatic carbocycles. The van der Waals surface area contributed by atoms with Crippen molar-refractivity contribution in [2.45, 2.75) is 39.0 Å². The first-order valence-corrected chi connectivity index (χ1v) is 9.99. The Balaban J connectivity index is 1.69. The molecule has 1 saturated carbocycles. The molecular formula is C27H27F. The van der Waals surface area contributed by atoms with Crippen LogP contribution in [0.3, 0.4) is 0 Å². The van der Waals surface area contributed by atoms with Crippen LogP contribution in [-0.4, -0.2) is 0 Å². The van der Waals surface area contributed by atoms with Crippen molar-refractivity contribution in [2.24, 2.45) is 5.41 Å². The van der Waals surface area contributed by atoms with Gasteiger partial charge in [0.05, 0.1) is 0 Å². The van der Waals surface area contributed by atoms with Gasteiger partial charge in [0.15, 0.2) is 0 Å². The maximum Gasteiger partial charge on any atom is 0.126 e. The second kappa shape index (κ2) is 7.05. The van der Waals surface area contributed by atoms with Crippen molar-refractivity contribution in [1.82, 2.24) is 0 Å². The van der Waals surface area contributed by atoms with Crippen LogP contribution in [0.4, 0.5) is 4.39 Å². The fourth-order valence-corrected chi connectivity index (χ4v) is 4.71. The lowest BCUT2D eigenvalue weighted by molar-refractivity contribution is 0.480. The highest BCUT2D eigenvalue weighted by Gasteiger charge is 2.39. The van der Waals surface area contributed by atoms with E-state index in [4.69, 9.17) is 0 Å². The topological polar surface area (TPSA) is 0 Å². The smallest absolute Gasteiger partial charge is 0.126 e. The molecule has 0 aromatic heterocycles. The van der Waals surface area contributed by atoms with E-state index >= 15 is 0 Å². The number of benzene rings is 3. The summed E-state index contributed by atoms with van der Waals surface area (Å²) in [5, 5.41) is 2.48. The van der Waals surface area contributed by atoms with Crippen molar-refractivity contribution in [2.75, 3.05) is 0 Å². The molecule has 0 amide bonds. The second-order valence-electron chi connectivity index (χ2n) is 8.62. The van der Waals surface area contributed by atoms with Gasteiger partial charge in [0.1, 0.15) is 5.82 Å². The molecule has 1 unspecified atom stereocenters. The Bertz CT molecular complexity index is 1070. The van der Waals surface area contributed by atoms with Crippen molar-refractivity contribution in [3.05, 3.63) is 107 Å². The van der Waals surface area contributed by atoms with Crippen LogP contribution in [0.15, 0.2) is 85.0 Å². The minimum Gasteiger partial charge on any atom is -0.207 e. The lowest BCUT2D eigenvalue weighted by Gasteiger charge is -2.23. The molecule has 0 saturated heterocycles. The number of hydrogen-bond acceptors (Lipinski definition) is 0. The van der Waals surface area contributed by atoms with E-state index in [-0.39, 0.29) is 17.2 Å². The Hall–Kier alpha value is -2.67. The van der Waals surface area contributed by atoms with E-state index in [0.29, 0.717) is 6.42 Å². The van der Waals surface area contributed by atoms with Gasteiger partial charge >= 0.3 is 0 Å². The van der Waals surface area contributed by atoms with Crippen LogP contribution in [0, 0.1) is 11.2 Å².